The zero-order valence-corrected chi connectivity index (χ0v) is 14.3. The van der Waals surface area contributed by atoms with Gasteiger partial charge in [0.2, 0.25) is 0 Å². The summed E-state index contributed by atoms with van der Waals surface area (Å²) in [6, 6.07) is 10.7. The summed E-state index contributed by atoms with van der Waals surface area (Å²) in [6.45, 7) is 9.20. The number of ether oxygens (including phenoxy) is 1. The van der Waals surface area contributed by atoms with E-state index in [4.69, 9.17) is 10.00 Å². The van der Waals surface area contributed by atoms with Crippen LogP contribution >= 0.6 is 0 Å². The molecule has 1 heterocycles. The quantitative estimate of drug-likeness (QED) is 0.656. The van der Waals surface area contributed by atoms with Gasteiger partial charge in [-0.3, -0.25) is 9.80 Å². The molecule has 0 aromatic heterocycles. The number of piperazine rings is 1. The van der Waals surface area contributed by atoms with Crippen LogP contribution in [0.3, 0.4) is 0 Å². The van der Waals surface area contributed by atoms with Crippen LogP contribution in [0.25, 0.3) is 0 Å². The van der Waals surface area contributed by atoms with Crippen molar-refractivity contribution in [2.75, 3.05) is 39.3 Å². The van der Waals surface area contributed by atoms with Gasteiger partial charge in [-0.1, -0.05) is 31.9 Å². The second kappa shape index (κ2) is 10.3. The lowest BCUT2D eigenvalue weighted by Crippen LogP contribution is -2.46. The molecule has 0 atom stereocenters. The van der Waals surface area contributed by atoms with Gasteiger partial charge in [0.25, 0.3) is 0 Å². The van der Waals surface area contributed by atoms with E-state index in [0.717, 1.165) is 58.0 Å². The van der Waals surface area contributed by atoms with Crippen molar-refractivity contribution in [3.8, 4) is 11.8 Å². The highest BCUT2D eigenvalue weighted by Crippen LogP contribution is 2.16. The molecule has 0 aliphatic carbocycles. The first kappa shape index (κ1) is 17.8. The Kier molecular flexibility index (Phi) is 7.92. The fourth-order valence-corrected chi connectivity index (χ4v) is 2.91. The first-order valence-corrected chi connectivity index (χ1v) is 8.85. The summed E-state index contributed by atoms with van der Waals surface area (Å²) in [5.74, 6) is 0.992. The minimum atomic E-state index is 0.636. The lowest BCUT2D eigenvalue weighted by atomic mass is 10.2. The van der Waals surface area contributed by atoms with Crippen molar-refractivity contribution in [2.24, 2.45) is 0 Å². The van der Waals surface area contributed by atoms with Crippen molar-refractivity contribution in [3.63, 3.8) is 0 Å². The van der Waals surface area contributed by atoms with Gasteiger partial charge in [-0.15, -0.1) is 0 Å². The van der Waals surface area contributed by atoms with Crippen LogP contribution in [0.4, 0.5) is 0 Å². The zero-order valence-electron chi connectivity index (χ0n) is 14.3. The first-order valence-electron chi connectivity index (χ1n) is 8.85. The lowest BCUT2D eigenvalue weighted by molar-refractivity contribution is 0.129. The fraction of sp³-hybridized carbons (Fsp3) is 0.632. The van der Waals surface area contributed by atoms with Crippen molar-refractivity contribution in [3.05, 3.63) is 29.8 Å². The average molecular weight is 315 g/mol. The normalized spacial score (nSPS) is 16.2. The van der Waals surface area contributed by atoms with Crippen molar-refractivity contribution in [2.45, 2.75) is 39.2 Å². The molecule has 2 rings (SSSR count). The van der Waals surface area contributed by atoms with E-state index < -0.39 is 0 Å². The Morgan fingerprint density at radius 2 is 1.91 bits per heavy atom. The molecule has 1 saturated heterocycles. The molecular formula is C19H29N3O. The summed E-state index contributed by atoms with van der Waals surface area (Å²) in [7, 11) is 0. The van der Waals surface area contributed by atoms with E-state index in [1.165, 1.54) is 18.4 Å². The summed E-state index contributed by atoms with van der Waals surface area (Å²) in [5.41, 5.74) is 1.32. The highest BCUT2D eigenvalue weighted by atomic mass is 16.5. The summed E-state index contributed by atoms with van der Waals surface area (Å²) in [5, 5.41) is 8.66. The van der Waals surface area contributed by atoms with Gasteiger partial charge in [0.05, 0.1) is 12.7 Å². The lowest BCUT2D eigenvalue weighted by Gasteiger charge is -2.34. The van der Waals surface area contributed by atoms with Crippen LogP contribution in [0.5, 0.6) is 5.75 Å². The minimum absolute atomic E-state index is 0.636. The summed E-state index contributed by atoms with van der Waals surface area (Å²) in [4.78, 5) is 4.87. The molecule has 1 aliphatic heterocycles. The van der Waals surface area contributed by atoms with Gasteiger partial charge in [-0.05, 0) is 24.1 Å². The molecule has 126 valence electrons. The Balaban J connectivity index is 1.74. The number of hydrogen-bond donors (Lipinski definition) is 0. The van der Waals surface area contributed by atoms with Crippen LogP contribution in [0.1, 0.15) is 38.2 Å². The molecule has 0 amide bonds. The topological polar surface area (TPSA) is 39.5 Å². The van der Waals surface area contributed by atoms with E-state index in [1.807, 2.05) is 0 Å². The third-order valence-corrected chi connectivity index (χ3v) is 4.33. The standard InChI is InChI=1S/C19H29N3O/c1-2-3-4-15-23-19-8-5-7-18(16-19)17-22-13-11-21(12-14-22)10-6-9-20/h5,7-8,16H,2-4,6,10-15,17H2,1H3. The largest absolute Gasteiger partial charge is 0.494 e. The number of hydrogen-bond acceptors (Lipinski definition) is 4. The molecule has 0 radical (unpaired) electrons. The highest BCUT2D eigenvalue weighted by molar-refractivity contribution is 5.28. The molecule has 0 spiro atoms. The van der Waals surface area contributed by atoms with Gasteiger partial charge in [0.1, 0.15) is 5.75 Å². The van der Waals surface area contributed by atoms with Gasteiger partial charge in [-0.2, -0.15) is 5.26 Å². The second-order valence-electron chi connectivity index (χ2n) is 6.23. The maximum Gasteiger partial charge on any atom is 0.119 e. The van der Waals surface area contributed by atoms with E-state index in [0.29, 0.717) is 6.42 Å². The molecule has 23 heavy (non-hydrogen) atoms. The van der Waals surface area contributed by atoms with E-state index in [2.05, 4.69) is 47.1 Å². The SMILES string of the molecule is CCCCCOc1cccc(CN2CCN(CCC#N)CC2)c1. The van der Waals surface area contributed by atoms with Gasteiger partial charge < -0.3 is 4.74 Å². The smallest absolute Gasteiger partial charge is 0.119 e. The summed E-state index contributed by atoms with van der Waals surface area (Å²) >= 11 is 0. The number of unbranched alkanes of at least 4 members (excludes halogenated alkanes) is 2. The molecule has 1 aromatic carbocycles. The monoisotopic (exact) mass is 315 g/mol. The van der Waals surface area contributed by atoms with Crippen molar-refractivity contribution >= 4 is 0 Å². The number of nitriles is 1. The van der Waals surface area contributed by atoms with Crippen LogP contribution < -0.4 is 4.74 Å². The van der Waals surface area contributed by atoms with E-state index in [1.54, 1.807) is 0 Å². The van der Waals surface area contributed by atoms with E-state index in [9.17, 15) is 0 Å². The Bertz CT molecular complexity index is 490. The summed E-state index contributed by atoms with van der Waals surface area (Å²) < 4.78 is 5.84. The van der Waals surface area contributed by atoms with Gasteiger partial charge in [-0.25, -0.2) is 0 Å². The molecule has 1 fully saturated rings. The molecule has 1 aliphatic rings. The van der Waals surface area contributed by atoms with Gasteiger partial charge in [0.15, 0.2) is 0 Å². The number of nitrogens with zero attached hydrogens (tertiary/aromatic N) is 3. The van der Waals surface area contributed by atoms with Crippen molar-refractivity contribution in [1.29, 1.82) is 5.26 Å². The molecule has 0 unspecified atom stereocenters. The third-order valence-electron chi connectivity index (χ3n) is 4.33. The number of rotatable bonds is 9. The van der Waals surface area contributed by atoms with Crippen LogP contribution in [-0.4, -0.2) is 49.1 Å². The third kappa shape index (κ3) is 6.60. The Morgan fingerprint density at radius 3 is 2.65 bits per heavy atom. The second-order valence-corrected chi connectivity index (χ2v) is 6.23. The first-order chi connectivity index (χ1) is 11.3. The molecule has 1 aromatic rings. The average Bonchev–Trinajstić information content (AvgIpc) is 2.59. The molecule has 0 N–H and O–H groups in total. The Hall–Kier alpha value is -1.57. The Morgan fingerprint density at radius 1 is 1.13 bits per heavy atom. The van der Waals surface area contributed by atoms with Crippen LogP contribution in [0.15, 0.2) is 24.3 Å². The van der Waals surface area contributed by atoms with Gasteiger partial charge in [0, 0.05) is 45.7 Å². The molecule has 4 nitrogen and oxygen atoms in total. The van der Waals surface area contributed by atoms with E-state index >= 15 is 0 Å². The van der Waals surface area contributed by atoms with Crippen LogP contribution in [0.2, 0.25) is 0 Å². The minimum Gasteiger partial charge on any atom is -0.494 e. The fourth-order valence-electron chi connectivity index (χ4n) is 2.91. The predicted molar refractivity (Wildman–Crippen MR) is 93.4 cm³/mol. The Labute approximate surface area is 140 Å². The predicted octanol–water partition coefficient (Wildman–Crippen LogP) is 3.29. The molecule has 4 heteroatoms. The maximum absolute atomic E-state index is 8.66. The van der Waals surface area contributed by atoms with Crippen molar-refractivity contribution < 1.29 is 4.74 Å². The zero-order chi connectivity index (χ0) is 16.3. The number of benzene rings is 1. The molecule has 0 saturated carbocycles. The molecule has 0 bridgehead atoms. The van der Waals surface area contributed by atoms with Crippen molar-refractivity contribution in [1.82, 2.24) is 9.80 Å². The van der Waals surface area contributed by atoms with Crippen LogP contribution in [0, 0.1) is 11.3 Å². The maximum atomic E-state index is 8.66. The van der Waals surface area contributed by atoms with E-state index in [-0.39, 0.29) is 0 Å². The summed E-state index contributed by atoms with van der Waals surface area (Å²) in [6.07, 6.45) is 4.22. The molecular weight excluding hydrogens is 286 g/mol. The van der Waals surface area contributed by atoms with Crippen LogP contribution in [-0.2, 0) is 6.54 Å². The van der Waals surface area contributed by atoms with Gasteiger partial charge >= 0.3 is 0 Å². The highest BCUT2D eigenvalue weighted by Gasteiger charge is 2.16.